The van der Waals surface area contributed by atoms with Gasteiger partial charge in [-0.2, -0.15) is 0 Å². The lowest BCUT2D eigenvalue weighted by atomic mass is 9.98. The highest BCUT2D eigenvalue weighted by atomic mass is 15.6. The standard InChI is InChI=1S/C21H34N6/c1-6-21(4,5)27-20(22-23-24-27)19(16-17(2)3)26-14-12-25(13-15-26)18-10-8-7-9-11-18/h7-11,17,19H,6,12-16H2,1-5H3/p+1/t19-/m1/s1. The van der Waals surface area contributed by atoms with E-state index >= 15 is 0 Å². The molecule has 0 aliphatic carbocycles. The van der Waals surface area contributed by atoms with Crippen molar-refractivity contribution in [3.05, 3.63) is 36.2 Å². The molecule has 1 aromatic heterocycles. The quantitative estimate of drug-likeness (QED) is 0.811. The zero-order valence-electron chi connectivity index (χ0n) is 17.5. The minimum absolute atomic E-state index is 0.0562. The van der Waals surface area contributed by atoms with Gasteiger partial charge in [-0.05, 0) is 48.7 Å². The molecule has 27 heavy (non-hydrogen) atoms. The number of nitrogens with zero attached hydrogens (tertiary/aromatic N) is 5. The predicted octanol–water partition coefficient (Wildman–Crippen LogP) is 2.31. The van der Waals surface area contributed by atoms with Gasteiger partial charge in [0.05, 0.1) is 31.7 Å². The molecule has 1 N–H and O–H groups in total. The Morgan fingerprint density at radius 1 is 1.11 bits per heavy atom. The number of quaternary nitrogens is 1. The van der Waals surface area contributed by atoms with Gasteiger partial charge in [0.25, 0.3) is 0 Å². The molecule has 0 saturated carbocycles. The van der Waals surface area contributed by atoms with Crippen LogP contribution in [0.25, 0.3) is 0 Å². The van der Waals surface area contributed by atoms with E-state index in [4.69, 9.17) is 0 Å². The number of hydrogen-bond acceptors (Lipinski definition) is 4. The average Bonchev–Trinajstić information content (AvgIpc) is 3.17. The molecule has 1 aliphatic heterocycles. The number of rotatable bonds is 7. The Balaban J connectivity index is 1.78. The Labute approximate surface area is 163 Å². The molecule has 2 aromatic rings. The molecule has 0 unspecified atom stereocenters. The highest BCUT2D eigenvalue weighted by molar-refractivity contribution is 5.46. The van der Waals surface area contributed by atoms with E-state index in [1.165, 1.54) is 5.69 Å². The zero-order valence-corrected chi connectivity index (χ0v) is 17.5. The molecule has 1 atom stereocenters. The first-order valence-corrected chi connectivity index (χ1v) is 10.4. The number of anilines is 1. The Morgan fingerprint density at radius 2 is 1.78 bits per heavy atom. The van der Waals surface area contributed by atoms with Crippen molar-refractivity contribution in [1.29, 1.82) is 0 Å². The Hall–Kier alpha value is -1.95. The lowest BCUT2D eigenvalue weighted by molar-refractivity contribution is -0.934. The summed E-state index contributed by atoms with van der Waals surface area (Å²) in [6.45, 7) is 15.6. The molecule has 1 aromatic carbocycles. The fourth-order valence-corrected chi connectivity index (χ4v) is 3.96. The summed E-state index contributed by atoms with van der Waals surface area (Å²) in [5.41, 5.74) is 1.27. The number of benzene rings is 1. The summed E-state index contributed by atoms with van der Waals surface area (Å²) in [7, 11) is 0. The number of hydrogen-bond donors (Lipinski definition) is 1. The van der Waals surface area contributed by atoms with Crippen molar-refractivity contribution in [2.45, 2.75) is 59.0 Å². The van der Waals surface area contributed by atoms with Gasteiger partial charge in [0.1, 0.15) is 0 Å². The molecule has 6 nitrogen and oxygen atoms in total. The monoisotopic (exact) mass is 371 g/mol. The molecule has 0 radical (unpaired) electrons. The fourth-order valence-electron chi connectivity index (χ4n) is 3.96. The first kappa shape index (κ1) is 19.8. The summed E-state index contributed by atoms with van der Waals surface area (Å²) >= 11 is 0. The predicted molar refractivity (Wildman–Crippen MR) is 109 cm³/mol. The second-order valence-corrected chi connectivity index (χ2v) is 8.78. The van der Waals surface area contributed by atoms with Crippen LogP contribution in [0, 0.1) is 5.92 Å². The smallest absolute Gasteiger partial charge is 0.209 e. The third kappa shape index (κ3) is 4.49. The van der Waals surface area contributed by atoms with E-state index < -0.39 is 0 Å². The third-order valence-electron chi connectivity index (χ3n) is 5.97. The Bertz CT molecular complexity index is 700. The van der Waals surface area contributed by atoms with Crippen LogP contribution in [0.1, 0.15) is 59.3 Å². The molecule has 0 bridgehead atoms. The van der Waals surface area contributed by atoms with Gasteiger partial charge >= 0.3 is 0 Å². The second-order valence-electron chi connectivity index (χ2n) is 8.78. The van der Waals surface area contributed by atoms with Crippen LogP contribution >= 0.6 is 0 Å². The van der Waals surface area contributed by atoms with Gasteiger partial charge in [0.15, 0.2) is 6.04 Å². The van der Waals surface area contributed by atoms with Crippen LogP contribution < -0.4 is 9.80 Å². The molecule has 1 saturated heterocycles. The van der Waals surface area contributed by atoms with E-state index in [1.807, 2.05) is 0 Å². The van der Waals surface area contributed by atoms with Gasteiger partial charge < -0.3 is 9.80 Å². The van der Waals surface area contributed by atoms with Crippen molar-refractivity contribution >= 4 is 5.69 Å². The van der Waals surface area contributed by atoms with E-state index in [9.17, 15) is 0 Å². The zero-order chi connectivity index (χ0) is 19.4. The largest absolute Gasteiger partial charge is 0.360 e. The topological polar surface area (TPSA) is 51.3 Å². The third-order valence-corrected chi connectivity index (χ3v) is 5.97. The molecule has 3 rings (SSSR count). The van der Waals surface area contributed by atoms with Gasteiger partial charge in [-0.3, -0.25) is 0 Å². The van der Waals surface area contributed by atoms with E-state index in [2.05, 4.69) is 90.1 Å². The van der Waals surface area contributed by atoms with Gasteiger partial charge in [0, 0.05) is 12.1 Å². The van der Waals surface area contributed by atoms with Crippen LogP contribution in [-0.4, -0.2) is 46.4 Å². The fraction of sp³-hybridized carbons (Fsp3) is 0.667. The van der Waals surface area contributed by atoms with Crippen LogP contribution in [0.4, 0.5) is 5.69 Å². The van der Waals surface area contributed by atoms with Gasteiger partial charge in [0.2, 0.25) is 5.82 Å². The average molecular weight is 372 g/mol. The lowest BCUT2D eigenvalue weighted by Crippen LogP contribution is -3.15. The number of aromatic nitrogens is 4. The molecule has 0 amide bonds. The van der Waals surface area contributed by atoms with Crippen LogP contribution in [0.2, 0.25) is 0 Å². The Kier molecular flexibility index (Phi) is 6.15. The van der Waals surface area contributed by atoms with Crippen LogP contribution in [-0.2, 0) is 5.54 Å². The van der Waals surface area contributed by atoms with Crippen molar-refractivity contribution in [3.63, 3.8) is 0 Å². The summed E-state index contributed by atoms with van der Waals surface area (Å²) in [5.74, 6) is 1.67. The van der Waals surface area contributed by atoms with Crippen LogP contribution in [0.3, 0.4) is 0 Å². The summed E-state index contributed by atoms with van der Waals surface area (Å²) < 4.78 is 2.08. The first-order valence-electron chi connectivity index (χ1n) is 10.4. The first-order chi connectivity index (χ1) is 12.9. The number of para-hydroxylation sites is 1. The Morgan fingerprint density at radius 3 is 2.37 bits per heavy atom. The van der Waals surface area contributed by atoms with Gasteiger partial charge in [-0.1, -0.05) is 39.0 Å². The maximum absolute atomic E-state index is 4.50. The van der Waals surface area contributed by atoms with Crippen LogP contribution in [0.15, 0.2) is 30.3 Å². The van der Waals surface area contributed by atoms with Crippen molar-refractivity contribution in [2.24, 2.45) is 5.92 Å². The summed E-state index contributed by atoms with van der Waals surface area (Å²) in [5, 5.41) is 12.9. The van der Waals surface area contributed by atoms with E-state index in [0.29, 0.717) is 12.0 Å². The maximum atomic E-state index is 4.50. The summed E-state index contributed by atoms with van der Waals surface area (Å²) in [6, 6.07) is 11.1. The SMILES string of the molecule is CCC(C)(C)n1nnnc1[C@@H](CC(C)C)[NH+]1CCN(c2ccccc2)CC1. The summed E-state index contributed by atoms with van der Waals surface area (Å²) in [4.78, 5) is 4.10. The van der Waals surface area contributed by atoms with Gasteiger partial charge in [-0.15, -0.1) is 5.10 Å². The van der Waals surface area contributed by atoms with Crippen LogP contribution in [0.5, 0.6) is 0 Å². The molecular weight excluding hydrogens is 336 g/mol. The van der Waals surface area contributed by atoms with Crippen molar-refractivity contribution in [2.75, 3.05) is 31.1 Å². The molecule has 1 aliphatic rings. The number of piperazine rings is 1. The second kappa shape index (κ2) is 8.38. The van der Waals surface area contributed by atoms with Crippen molar-refractivity contribution in [3.8, 4) is 0 Å². The van der Waals surface area contributed by atoms with E-state index in [0.717, 1.165) is 44.8 Å². The molecule has 148 valence electrons. The molecule has 6 heteroatoms. The van der Waals surface area contributed by atoms with E-state index in [-0.39, 0.29) is 5.54 Å². The highest BCUT2D eigenvalue weighted by Crippen LogP contribution is 2.24. The molecule has 2 heterocycles. The van der Waals surface area contributed by atoms with Gasteiger partial charge in [-0.25, -0.2) is 4.68 Å². The lowest BCUT2D eigenvalue weighted by Gasteiger charge is -2.38. The summed E-state index contributed by atoms with van der Waals surface area (Å²) in [6.07, 6.45) is 2.12. The van der Waals surface area contributed by atoms with E-state index in [1.54, 1.807) is 4.90 Å². The highest BCUT2D eigenvalue weighted by Gasteiger charge is 2.36. The molecular formula is C21H35N6+. The normalized spacial score (nSPS) is 17.5. The maximum Gasteiger partial charge on any atom is 0.209 e. The number of tetrazole rings is 1. The minimum Gasteiger partial charge on any atom is -0.360 e. The molecule has 0 spiro atoms. The number of nitrogens with one attached hydrogen (secondary N) is 1. The minimum atomic E-state index is -0.0562. The van der Waals surface area contributed by atoms with Crippen molar-refractivity contribution in [1.82, 2.24) is 20.2 Å². The molecule has 1 fully saturated rings. The van der Waals surface area contributed by atoms with Crippen molar-refractivity contribution < 1.29 is 4.90 Å².